The SMILES string of the molecule is COc1ccc(NC(=O)N2CCN(c3ccc(NC(=O)C(C)C)cc3C(=O)N3CCCC3)CC2)cc1. The third-order valence-electron chi connectivity index (χ3n) is 6.66. The highest BCUT2D eigenvalue weighted by Crippen LogP contribution is 2.28. The van der Waals surface area contributed by atoms with Crippen molar-refractivity contribution in [3.05, 3.63) is 48.0 Å². The van der Waals surface area contributed by atoms with E-state index in [4.69, 9.17) is 4.74 Å². The van der Waals surface area contributed by atoms with Crippen LogP contribution in [0.15, 0.2) is 42.5 Å². The molecule has 0 atom stereocenters. The number of hydrogen-bond acceptors (Lipinski definition) is 5. The lowest BCUT2D eigenvalue weighted by molar-refractivity contribution is -0.118. The van der Waals surface area contributed by atoms with E-state index in [-0.39, 0.29) is 23.8 Å². The van der Waals surface area contributed by atoms with Crippen LogP contribution in [0.1, 0.15) is 37.0 Å². The van der Waals surface area contributed by atoms with E-state index in [1.54, 1.807) is 30.2 Å². The maximum atomic E-state index is 13.4. The van der Waals surface area contributed by atoms with Crippen molar-refractivity contribution in [1.29, 1.82) is 0 Å². The number of piperazine rings is 1. The van der Waals surface area contributed by atoms with Gasteiger partial charge < -0.3 is 30.1 Å². The van der Waals surface area contributed by atoms with Gasteiger partial charge in [0.1, 0.15) is 5.75 Å². The number of hydrogen-bond donors (Lipinski definition) is 2. The zero-order valence-electron chi connectivity index (χ0n) is 21.3. The van der Waals surface area contributed by atoms with E-state index in [1.807, 2.05) is 43.0 Å². The highest BCUT2D eigenvalue weighted by Gasteiger charge is 2.27. The predicted molar refractivity (Wildman–Crippen MR) is 141 cm³/mol. The molecule has 4 rings (SSSR count). The van der Waals surface area contributed by atoms with Gasteiger partial charge in [-0.15, -0.1) is 0 Å². The standard InChI is InChI=1S/C27H35N5O4/c1-19(2)25(33)28-21-8-11-24(23(18-21)26(34)31-12-4-5-13-31)30-14-16-32(17-15-30)27(35)29-20-6-9-22(36-3)10-7-20/h6-11,18-19H,4-5,12-17H2,1-3H3,(H,28,33)(H,29,35). The van der Waals surface area contributed by atoms with Crippen LogP contribution in [0, 0.1) is 5.92 Å². The molecule has 0 spiro atoms. The molecule has 0 bridgehead atoms. The van der Waals surface area contributed by atoms with Gasteiger partial charge in [0.2, 0.25) is 5.91 Å². The quantitative estimate of drug-likeness (QED) is 0.637. The molecule has 2 aromatic rings. The van der Waals surface area contributed by atoms with Crippen LogP contribution < -0.4 is 20.3 Å². The highest BCUT2D eigenvalue weighted by atomic mass is 16.5. The number of nitrogens with zero attached hydrogens (tertiary/aromatic N) is 3. The number of likely N-dealkylation sites (tertiary alicyclic amines) is 1. The molecule has 192 valence electrons. The molecule has 2 N–H and O–H groups in total. The summed E-state index contributed by atoms with van der Waals surface area (Å²) in [6.45, 7) is 7.45. The molecule has 4 amide bonds. The fourth-order valence-corrected chi connectivity index (χ4v) is 4.47. The first-order valence-electron chi connectivity index (χ1n) is 12.5. The van der Waals surface area contributed by atoms with Gasteiger partial charge in [-0.25, -0.2) is 4.79 Å². The lowest BCUT2D eigenvalue weighted by atomic mass is 10.1. The highest BCUT2D eigenvalue weighted by molar-refractivity contribution is 6.02. The number of nitrogens with one attached hydrogen (secondary N) is 2. The molecule has 9 heteroatoms. The average Bonchev–Trinajstić information content (AvgIpc) is 3.44. The fraction of sp³-hybridized carbons (Fsp3) is 0.444. The Balaban J connectivity index is 1.45. The van der Waals surface area contributed by atoms with Crippen LogP contribution in [0.2, 0.25) is 0 Å². The third kappa shape index (κ3) is 5.90. The van der Waals surface area contributed by atoms with Crippen molar-refractivity contribution in [2.75, 3.05) is 61.9 Å². The fourth-order valence-electron chi connectivity index (χ4n) is 4.47. The second-order valence-electron chi connectivity index (χ2n) is 9.51. The maximum absolute atomic E-state index is 13.4. The predicted octanol–water partition coefficient (Wildman–Crippen LogP) is 3.88. The Morgan fingerprint density at radius 3 is 2.06 bits per heavy atom. The minimum Gasteiger partial charge on any atom is -0.497 e. The van der Waals surface area contributed by atoms with Crippen molar-refractivity contribution in [3.8, 4) is 5.75 Å². The summed E-state index contributed by atoms with van der Waals surface area (Å²) in [5, 5.41) is 5.84. The van der Waals surface area contributed by atoms with Crippen LogP contribution >= 0.6 is 0 Å². The summed E-state index contributed by atoms with van der Waals surface area (Å²) in [6.07, 6.45) is 2.01. The second-order valence-corrected chi connectivity index (χ2v) is 9.51. The Bertz CT molecular complexity index is 1090. The monoisotopic (exact) mass is 493 g/mol. The second kappa shape index (κ2) is 11.3. The van der Waals surface area contributed by atoms with Crippen LogP contribution in [-0.2, 0) is 4.79 Å². The van der Waals surface area contributed by atoms with Crippen LogP contribution in [0.3, 0.4) is 0 Å². The molecule has 0 aliphatic carbocycles. The average molecular weight is 494 g/mol. The summed E-state index contributed by atoms with van der Waals surface area (Å²) in [4.78, 5) is 44.2. The first-order chi connectivity index (χ1) is 17.4. The number of carbonyl (C=O) groups is 3. The van der Waals surface area contributed by atoms with Crippen molar-refractivity contribution in [1.82, 2.24) is 9.80 Å². The largest absolute Gasteiger partial charge is 0.497 e. The normalized spacial score (nSPS) is 15.7. The Hall–Kier alpha value is -3.75. The van der Waals surface area contributed by atoms with E-state index in [9.17, 15) is 14.4 Å². The van der Waals surface area contributed by atoms with Gasteiger partial charge in [0.25, 0.3) is 5.91 Å². The van der Waals surface area contributed by atoms with Gasteiger partial charge in [0.15, 0.2) is 0 Å². The van der Waals surface area contributed by atoms with E-state index in [0.29, 0.717) is 43.1 Å². The molecular weight excluding hydrogens is 458 g/mol. The molecule has 2 saturated heterocycles. The first-order valence-corrected chi connectivity index (χ1v) is 12.5. The van der Waals surface area contributed by atoms with Crippen LogP contribution in [0.5, 0.6) is 5.75 Å². The molecule has 2 aliphatic rings. The number of methoxy groups -OCH3 is 1. The summed E-state index contributed by atoms with van der Waals surface area (Å²) < 4.78 is 5.16. The minimum atomic E-state index is -0.153. The van der Waals surface area contributed by atoms with Crippen LogP contribution in [0.25, 0.3) is 0 Å². The van der Waals surface area contributed by atoms with Crippen LogP contribution in [0.4, 0.5) is 21.9 Å². The lowest BCUT2D eigenvalue weighted by Gasteiger charge is -2.37. The van der Waals surface area contributed by atoms with E-state index in [1.165, 1.54) is 0 Å². The summed E-state index contributed by atoms with van der Waals surface area (Å²) >= 11 is 0. The number of amides is 4. The molecule has 0 saturated carbocycles. The van der Waals surface area contributed by atoms with Gasteiger partial charge in [-0.2, -0.15) is 0 Å². The van der Waals surface area contributed by atoms with Gasteiger partial charge in [0, 0.05) is 62.2 Å². The molecular formula is C27H35N5O4. The van der Waals surface area contributed by atoms with Crippen molar-refractivity contribution >= 4 is 34.9 Å². The molecule has 0 aromatic heterocycles. The van der Waals surface area contributed by atoms with Gasteiger partial charge in [-0.3, -0.25) is 9.59 Å². The van der Waals surface area contributed by atoms with Crippen LogP contribution in [-0.4, -0.2) is 74.0 Å². The maximum Gasteiger partial charge on any atom is 0.321 e. The minimum absolute atomic E-state index is 0.0113. The van der Waals surface area contributed by atoms with E-state index >= 15 is 0 Å². The van der Waals surface area contributed by atoms with E-state index in [2.05, 4.69) is 15.5 Å². The smallest absolute Gasteiger partial charge is 0.321 e. The molecule has 9 nitrogen and oxygen atoms in total. The molecule has 2 heterocycles. The van der Waals surface area contributed by atoms with E-state index in [0.717, 1.165) is 37.4 Å². The Labute approximate surface area is 212 Å². The number of urea groups is 1. The number of anilines is 3. The Morgan fingerprint density at radius 2 is 1.44 bits per heavy atom. The first kappa shape index (κ1) is 25.3. The van der Waals surface area contributed by atoms with Gasteiger partial charge >= 0.3 is 6.03 Å². The molecule has 2 aliphatic heterocycles. The summed E-state index contributed by atoms with van der Waals surface area (Å²) in [5.74, 6) is 0.483. The zero-order chi connectivity index (χ0) is 25.7. The van der Waals surface area contributed by atoms with Gasteiger partial charge in [0.05, 0.1) is 12.7 Å². The van der Waals surface area contributed by atoms with Crippen molar-refractivity contribution in [2.24, 2.45) is 5.92 Å². The van der Waals surface area contributed by atoms with Crippen molar-refractivity contribution in [2.45, 2.75) is 26.7 Å². The third-order valence-corrected chi connectivity index (χ3v) is 6.66. The number of ether oxygens (including phenoxy) is 1. The number of benzene rings is 2. The van der Waals surface area contributed by atoms with Crippen molar-refractivity contribution in [3.63, 3.8) is 0 Å². The van der Waals surface area contributed by atoms with Crippen molar-refractivity contribution < 1.29 is 19.1 Å². The molecule has 36 heavy (non-hydrogen) atoms. The lowest BCUT2D eigenvalue weighted by Crippen LogP contribution is -2.50. The van der Waals surface area contributed by atoms with Gasteiger partial charge in [-0.05, 0) is 55.3 Å². The Morgan fingerprint density at radius 1 is 0.806 bits per heavy atom. The number of rotatable bonds is 6. The summed E-state index contributed by atoms with van der Waals surface area (Å²) in [6, 6.07) is 12.6. The Kier molecular flexibility index (Phi) is 7.97. The molecule has 0 radical (unpaired) electrons. The summed E-state index contributed by atoms with van der Waals surface area (Å²) in [7, 11) is 1.60. The van der Waals surface area contributed by atoms with Gasteiger partial charge in [-0.1, -0.05) is 13.8 Å². The molecule has 0 unspecified atom stereocenters. The van der Waals surface area contributed by atoms with E-state index < -0.39 is 0 Å². The molecule has 2 fully saturated rings. The topological polar surface area (TPSA) is 94.2 Å². The summed E-state index contributed by atoms with van der Waals surface area (Å²) in [5.41, 5.74) is 2.76. The number of carbonyl (C=O) groups excluding carboxylic acids is 3. The molecule has 2 aromatic carbocycles. The zero-order valence-corrected chi connectivity index (χ0v) is 21.3.